The van der Waals surface area contributed by atoms with Crippen LogP contribution in [0, 0.1) is 13.8 Å². The van der Waals surface area contributed by atoms with Gasteiger partial charge in [0.1, 0.15) is 17.3 Å². The molecule has 0 fully saturated rings. The fraction of sp³-hybridized carbons (Fsp3) is 0.382. The van der Waals surface area contributed by atoms with Crippen molar-refractivity contribution in [3.8, 4) is 22.5 Å². The lowest BCUT2D eigenvalue weighted by atomic mass is 9.89. The molecule has 4 rings (SSSR count). The van der Waals surface area contributed by atoms with Crippen LogP contribution in [0.1, 0.15) is 61.0 Å². The predicted octanol–water partition coefficient (Wildman–Crippen LogP) is 5.00. The number of nitrogens with zero attached hydrogens (tertiary/aromatic N) is 1. The van der Waals surface area contributed by atoms with E-state index in [1.807, 2.05) is 37.3 Å². The third-order valence-electron chi connectivity index (χ3n) is 7.21. The molecule has 11 heteroatoms. The number of anilines is 1. The minimum atomic E-state index is -5.19. The molecule has 0 saturated heterocycles. The third-order valence-corrected chi connectivity index (χ3v) is 7.21. The van der Waals surface area contributed by atoms with Gasteiger partial charge >= 0.3 is 6.18 Å². The molecular weight excluding hydrogens is 585 g/mol. The van der Waals surface area contributed by atoms with Gasteiger partial charge in [0.15, 0.2) is 0 Å². The number of carbonyl (C=O) groups excluding carboxylic acids is 2. The first-order chi connectivity index (χ1) is 21.4. The maximum atomic E-state index is 13.4. The van der Waals surface area contributed by atoms with Crippen molar-refractivity contribution in [3.63, 3.8) is 0 Å². The molecule has 2 aromatic carbocycles. The molecule has 1 aliphatic heterocycles. The number of nitrogens with one attached hydrogen (secondary N) is 2. The van der Waals surface area contributed by atoms with Gasteiger partial charge in [-0.2, -0.15) is 13.2 Å². The standard InChI is InChI=1S/C32H40N4O2.C2HF3O2/c1-5-34-27-19-29-25(17-21(27)3)31(26-18-22(4)28(35-6-2)20-30(26)38-29)23-13-9-10-14-24(23)32(37)36-16-12-8-7-11-15-33;3-2(4,5)1(6)7/h9-10,13-14,17-20,34H,5-8,11-12,15-16,33H2,1-4H3,(H,36,37);(H,6,7). The van der Waals surface area contributed by atoms with Crippen molar-refractivity contribution >= 4 is 28.5 Å². The van der Waals surface area contributed by atoms with Gasteiger partial charge in [0, 0.05) is 59.5 Å². The second-order valence-corrected chi connectivity index (χ2v) is 10.6. The minimum absolute atomic E-state index is 0.0461. The summed E-state index contributed by atoms with van der Waals surface area (Å²) in [4.78, 5) is 26.9. The molecule has 2 aromatic rings. The zero-order valence-corrected chi connectivity index (χ0v) is 26.2. The fourth-order valence-corrected chi connectivity index (χ4v) is 5.05. The quantitative estimate of drug-likeness (QED) is 0.159. The lowest BCUT2D eigenvalue weighted by Gasteiger charge is -2.20. The molecule has 5 N–H and O–H groups in total. The van der Waals surface area contributed by atoms with Crippen LogP contribution in [0.5, 0.6) is 0 Å². The van der Waals surface area contributed by atoms with Crippen LogP contribution in [0.2, 0.25) is 0 Å². The molecular formula is C34H41F3N4O4. The molecule has 0 radical (unpaired) electrons. The number of amides is 1. The van der Waals surface area contributed by atoms with Crippen LogP contribution in [0.4, 0.5) is 18.9 Å². The molecule has 1 aliphatic carbocycles. The van der Waals surface area contributed by atoms with Crippen molar-refractivity contribution in [1.29, 1.82) is 0 Å². The Kier molecular flexibility index (Phi) is 12.5. The molecule has 0 spiro atoms. The number of quaternary nitrogens is 1. The number of hydrogen-bond acceptors (Lipinski definition) is 6. The number of unbranched alkanes of at least 4 members (excludes halogenated alkanes) is 3. The van der Waals surface area contributed by atoms with Crippen LogP contribution >= 0.6 is 0 Å². The summed E-state index contributed by atoms with van der Waals surface area (Å²) in [5.41, 5.74) is 11.5. The smallest absolute Gasteiger partial charge is 0.430 e. The van der Waals surface area contributed by atoms with Crippen molar-refractivity contribution in [2.24, 2.45) is 4.99 Å². The number of aliphatic carboxylic acids is 1. The number of halogens is 3. The van der Waals surface area contributed by atoms with E-state index in [9.17, 15) is 18.0 Å². The van der Waals surface area contributed by atoms with Crippen LogP contribution in [0.25, 0.3) is 33.4 Å². The first kappa shape index (κ1) is 35.1. The van der Waals surface area contributed by atoms with E-state index in [-0.39, 0.29) is 5.91 Å². The van der Waals surface area contributed by atoms with Gasteiger partial charge in [-0.25, -0.2) is 0 Å². The van der Waals surface area contributed by atoms with E-state index in [2.05, 4.69) is 60.3 Å². The van der Waals surface area contributed by atoms with Gasteiger partial charge in [-0.1, -0.05) is 24.6 Å². The summed E-state index contributed by atoms with van der Waals surface area (Å²) in [5, 5.41) is 17.3. The van der Waals surface area contributed by atoms with E-state index in [4.69, 9.17) is 14.3 Å². The molecule has 45 heavy (non-hydrogen) atoms. The van der Waals surface area contributed by atoms with Crippen LogP contribution in [0.15, 0.2) is 57.9 Å². The number of hydrogen-bond donors (Lipinski definition) is 3. The molecule has 0 saturated carbocycles. The van der Waals surface area contributed by atoms with Gasteiger partial charge in [-0.05, 0) is 81.8 Å². The Morgan fingerprint density at radius 1 is 0.956 bits per heavy atom. The molecule has 242 valence electrons. The summed E-state index contributed by atoms with van der Waals surface area (Å²) in [7, 11) is 0. The Hall–Kier alpha value is -4.38. The summed E-state index contributed by atoms with van der Waals surface area (Å²) < 4.78 is 38.0. The number of rotatable bonds is 11. The second kappa shape index (κ2) is 16.1. The second-order valence-electron chi connectivity index (χ2n) is 10.6. The highest BCUT2D eigenvalue weighted by Crippen LogP contribution is 2.42. The van der Waals surface area contributed by atoms with Crippen molar-refractivity contribution in [2.45, 2.75) is 59.6 Å². The van der Waals surface area contributed by atoms with Crippen molar-refractivity contribution in [1.82, 2.24) is 5.32 Å². The number of carboxylic acid groups (broad SMARTS) is 1. The summed E-state index contributed by atoms with van der Waals surface area (Å²) in [5.74, 6) is -2.29. The molecule has 2 aliphatic rings. The Morgan fingerprint density at radius 3 is 2.29 bits per heavy atom. The van der Waals surface area contributed by atoms with Gasteiger partial charge in [0.25, 0.3) is 5.91 Å². The Bertz CT molecular complexity index is 1660. The first-order valence-electron chi connectivity index (χ1n) is 15.1. The van der Waals surface area contributed by atoms with E-state index < -0.39 is 12.1 Å². The van der Waals surface area contributed by atoms with Gasteiger partial charge in [0.2, 0.25) is 0 Å². The van der Waals surface area contributed by atoms with Crippen LogP contribution in [-0.4, -0.2) is 44.2 Å². The summed E-state index contributed by atoms with van der Waals surface area (Å²) in [6.45, 7) is 11.5. The maximum Gasteiger partial charge on any atom is 0.430 e. The van der Waals surface area contributed by atoms with Crippen LogP contribution < -0.4 is 26.8 Å². The number of aryl methyl sites for hydroxylation is 2. The number of alkyl halides is 3. The van der Waals surface area contributed by atoms with Crippen molar-refractivity contribution in [3.05, 3.63) is 70.6 Å². The van der Waals surface area contributed by atoms with E-state index in [0.29, 0.717) is 18.7 Å². The average Bonchev–Trinajstić information content (AvgIpc) is 2.99. The van der Waals surface area contributed by atoms with Crippen molar-refractivity contribution in [2.75, 3.05) is 31.5 Å². The molecule has 0 bridgehead atoms. The van der Waals surface area contributed by atoms with Gasteiger partial charge < -0.3 is 30.7 Å². The normalized spacial score (nSPS) is 11.8. The Morgan fingerprint density at radius 2 is 1.64 bits per heavy atom. The highest BCUT2D eigenvalue weighted by atomic mass is 19.4. The number of carboxylic acids is 1. The molecule has 0 aromatic heterocycles. The average molecular weight is 627 g/mol. The van der Waals surface area contributed by atoms with E-state index in [1.165, 1.54) is 0 Å². The number of benzene rings is 3. The highest BCUT2D eigenvalue weighted by Gasteiger charge is 2.29. The fourth-order valence-electron chi connectivity index (χ4n) is 5.05. The van der Waals surface area contributed by atoms with Crippen LogP contribution in [0.3, 0.4) is 0 Å². The monoisotopic (exact) mass is 626 g/mol. The molecule has 1 amide bonds. The van der Waals surface area contributed by atoms with E-state index >= 15 is 0 Å². The summed E-state index contributed by atoms with van der Waals surface area (Å²) in [6.07, 6.45) is -0.830. The van der Waals surface area contributed by atoms with Crippen LogP contribution in [-0.2, 0) is 4.79 Å². The molecule has 1 heterocycles. The molecule has 8 nitrogen and oxygen atoms in total. The van der Waals surface area contributed by atoms with Gasteiger partial charge in [-0.3, -0.25) is 9.79 Å². The lowest BCUT2D eigenvalue weighted by Crippen LogP contribution is -2.50. The zero-order chi connectivity index (χ0) is 33.1. The predicted molar refractivity (Wildman–Crippen MR) is 168 cm³/mol. The topological polar surface area (TPSA) is 134 Å². The van der Waals surface area contributed by atoms with E-state index in [1.54, 1.807) is 0 Å². The zero-order valence-electron chi connectivity index (χ0n) is 26.2. The maximum absolute atomic E-state index is 13.4. The van der Waals surface area contributed by atoms with Crippen molar-refractivity contribution < 1.29 is 38.0 Å². The lowest BCUT2D eigenvalue weighted by molar-refractivity contribution is -0.368. The Labute approximate surface area is 260 Å². The highest BCUT2D eigenvalue weighted by molar-refractivity contribution is 6.09. The minimum Gasteiger partial charge on any atom is -0.542 e. The number of carbonyl (C=O) groups is 2. The van der Waals surface area contributed by atoms with Gasteiger partial charge in [-0.15, -0.1) is 0 Å². The number of fused-ring (bicyclic) bond motifs is 2. The van der Waals surface area contributed by atoms with Gasteiger partial charge in [0.05, 0.1) is 11.9 Å². The molecule has 0 unspecified atom stereocenters. The third kappa shape index (κ3) is 9.07. The molecule has 0 atom stereocenters. The largest absolute Gasteiger partial charge is 0.542 e. The summed E-state index contributed by atoms with van der Waals surface area (Å²) >= 11 is 0. The summed E-state index contributed by atoms with van der Waals surface area (Å²) in [6, 6.07) is 16.3. The SMILES string of the molecule is CCN=c1cc2oc3cc(NCC)c(C)cc3c(-c3ccccc3C(=O)NCCCCCC[NH3+])c-2cc1C.O=C([O-])C(F)(F)F. The van der Waals surface area contributed by atoms with E-state index in [0.717, 1.165) is 94.4 Å². The first-order valence-corrected chi connectivity index (χ1v) is 15.1. The Balaban J connectivity index is 0.000000707.